The third-order valence-electron chi connectivity index (χ3n) is 8.23. The van der Waals surface area contributed by atoms with Crippen molar-refractivity contribution in [1.82, 2.24) is 9.88 Å². The van der Waals surface area contributed by atoms with Gasteiger partial charge >= 0.3 is 0 Å². The summed E-state index contributed by atoms with van der Waals surface area (Å²) < 4.78 is 2.34. The molecule has 5 saturated carbocycles. The monoisotopic (exact) mass is 465 g/mol. The van der Waals surface area contributed by atoms with E-state index in [4.69, 9.17) is 4.99 Å². The van der Waals surface area contributed by atoms with E-state index in [1.54, 1.807) is 11.3 Å². The molecule has 5 aliphatic rings. The molecular weight excluding hydrogens is 426 g/mol. The zero-order valence-corrected chi connectivity index (χ0v) is 20.7. The molecule has 1 aromatic heterocycles. The lowest BCUT2D eigenvalue weighted by atomic mass is 9.53. The van der Waals surface area contributed by atoms with Gasteiger partial charge in [-0.1, -0.05) is 32.6 Å². The largest absolute Gasteiger partial charge is 0.350 e. The second-order valence-electron chi connectivity index (χ2n) is 10.9. The van der Waals surface area contributed by atoms with Crippen LogP contribution in [0.25, 0.3) is 0 Å². The molecule has 1 heterocycles. The Morgan fingerprint density at radius 2 is 1.71 bits per heavy atom. The van der Waals surface area contributed by atoms with Crippen LogP contribution >= 0.6 is 23.7 Å². The fraction of sp³-hybridized carbons (Fsp3) is 0.840. The van der Waals surface area contributed by atoms with Crippen LogP contribution < -0.4 is 10.1 Å². The number of hydrogen-bond donors (Lipinski definition) is 1. The van der Waals surface area contributed by atoms with Crippen LogP contribution in [0.15, 0.2) is 10.4 Å². The maximum Gasteiger partial charge on any atom is 0.226 e. The van der Waals surface area contributed by atoms with E-state index in [0.29, 0.717) is 12.5 Å². The van der Waals surface area contributed by atoms with E-state index in [1.165, 1.54) is 77.0 Å². The van der Waals surface area contributed by atoms with Crippen LogP contribution in [0, 0.1) is 17.8 Å². The zero-order chi connectivity index (χ0) is 20.6. The fourth-order valence-corrected chi connectivity index (χ4v) is 8.38. The van der Waals surface area contributed by atoms with Crippen LogP contribution in [0.3, 0.4) is 0 Å². The van der Waals surface area contributed by atoms with Crippen molar-refractivity contribution in [2.75, 3.05) is 0 Å². The maximum atomic E-state index is 13.1. The van der Waals surface area contributed by atoms with Crippen molar-refractivity contribution in [3.8, 4) is 0 Å². The van der Waals surface area contributed by atoms with Crippen LogP contribution in [-0.4, -0.2) is 22.1 Å². The smallest absolute Gasteiger partial charge is 0.226 e. The minimum atomic E-state index is 0. The Morgan fingerprint density at radius 3 is 2.29 bits per heavy atom. The first kappa shape index (κ1) is 23.4. The summed E-state index contributed by atoms with van der Waals surface area (Å²) in [7, 11) is 0. The fourth-order valence-electron chi connectivity index (χ4n) is 7.38. The summed E-state index contributed by atoms with van der Waals surface area (Å²) >= 11 is 1.74. The molecule has 5 fully saturated rings. The van der Waals surface area contributed by atoms with E-state index in [0.717, 1.165) is 41.2 Å². The Balaban J connectivity index is 0.00000231. The molecule has 174 valence electrons. The van der Waals surface area contributed by atoms with Gasteiger partial charge in [-0.2, -0.15) is 0 Å². The number of carbonyl (C=O) groups excluding carboxylic acids is 1. The standard InChI is InChI=1S/C25H39N3OS.ClH/c1-2-9-28-22(17-30-24(28)26-21-7-5-3-4-6-8-21)13-23(29)27-25-14-18-10-19(15-25)12-20(11-18)16-25;/h17-21H,2-16H2,1H3,(H,27,29);1H. The van der Waals surface area contributed by atoms with E-state index < -0.39 is 0 Å². The quantitative estimate of drug-likeness (QED) is 0.543. The van der Waals surface area contributed by atoms with Crippen LogP contribution in [0.2, 0.25) is 0 Å². The predicted octanol–water partition coefficient (Wildman–Crippen LogP) is 5.63. The first-order valence-corrected chi connectivity index (χ1v) is 13.5. The Kier molecular flexibility index (Phi) is 7.52. The van der Waals surface area contributed by atoms with Crippen LogP contribution in [0.1, 0.15) is 96.1 Å². The molecule has 31 heavy (non-hydrogen) atoms. The van der Waals surface area contributed by atoms with Crippen LogP contribution in [-0.2, 0) is 17.8 Å². The number of aromatic nitrogens is 1. The average Bonchev–Trinajstić information content (AvgIpc) is 2.88. The summed E-state index contributed by atoms with van der Waals surface area (Å²) in [4.78, 5) is 19.4. The van der Waals surface area contributed by atoms with Crippen molar-refractivity contribution in [2.24, 2.45) is 22.7 Å². The highest BCUT2D eigenvalue weighted by atomic mass is 35.5. The van der Waals surface area contributed by atoms with Gasteiger partial charge in [-0.3, -0.25) is 9.79 Å². The summed E-state index contributed by atoms with van der Waals surface area (Å²) in [5.74, 6) is 2.84. The second kappa shape index (κ2) is 9.99. The lowest BCUT2D eigenvalue weighted by molar-refractivity contribution is -0.126. The van der Waals surface area contributed by atoms with Crippen molar-refractivity contribution < 1.29 is 4.79 Å². The highest BCUT2D eigenvalue weighted by molar-refractivity contribution is 7.07. The number of nitrogens with one attached hydrogen (secondary N) is 1. The molecule has 0 aromatic carbocycles. The van der Waals surface area contributed by atoms with Crippen molar-refractivity contribution >= 4 is 29.7 Å². The van der Waals surface area contributed by atoms with Gasteiger partial charge in [0.25, 0.3) is 0 Å². The van der Waals surface area contributed by atoms with Gasteiger partial charge in [0, 0.05) is 23.2 Å². The first-order chi connectivity index (χ1) is 14.6. The molecule has 0 radical (unpaired) electrons. The number of carbonyl (C=O) groups is 1. The number of nitrogens with zero attached hydrogens (tertiary/aromatic N) is 2. The minimum Gasteiger partial charge on any atom is -0.350 e. The van der Waals surface area contributed by atoms with Crippen LogP contribution in [0.4, 0.5) is 0 Å². The zero-order valence-electron chi connectivity index (χ0n) is 19.1. The average molecular weight is 466 g/mol. The van der Waals surface area contributed by atoms with Crippen molar-refractivity contribution in [3.63, 3.8) is 0 Å². The molecule has 0 unspecified atom stereocenters. The summed E-state index contributed by atoms with van der Waals surface area (Å²) in [6.45, 7) is 3.19. The minimum absolute atomic E-state index is 0. The molecule has 0 aliphatic heterocycles. The SMILES string of the molecule is CCCn1c(CC(=O)NC23CC4CC(CC(C4)C2)C3)csc1=NC1CCCCCC1.Cl. The summed E-state index contributed by atoms with van der Waals surface area (Å²) in [6, 6.07) is 0.475. The van der Waals surface area contributed by atoms with E-state index in [2.05, 4.69) is 22.2 Å². The molecule has 1 amide bonds. The van der Waals surface area contributed by atoms with Crippen molar-refractivity contribution in [2.45, 2.75) is 115 Å². The van der Waals surface area contributed by atoms with E-state index in [-0.39, 0.29) is 23.9 Å². The molecule has 0 atom stereocenters. The van der Waals surface area contributed by atoms with Gasteiger partial charge in [0.1, 0.15) is 0 Å². The molecular formula is C25H40ClN3OS. The number of rotatable bonds is 6. The number of hydrogen-bond acceptors (Lipinski definition) is 3. The lowest BCUT2D eigenvalue weighted by Gasteiger charge is -2.56. The summed E-state index contributed by atoms with van der Waals surface area (Å²) in [6.07, 6.45) is 17.3. The molecule has 4 nitrogen and oxygen atoms in total. The third kappa shape index (κ3) is 5.24. The summed E-state index contributed by atoms with van der Waals surface area (Å²) in [5.41, 5.74) is 1.28. The van der Waals surface area contributed by atoms with Crippen molar-refractivity contribution in [1.29, 1.82) is 0 Å². The molecule has 5 aliphatic carbocycles. The van der Waals surface area contributed by atoms with Gasteiger partial charge in [-0.15, -0.1) is 23.7 Å². The predicted molar refractivity (Wildman–Crippen MR) is 130 cm³/mol. The maximum absolute atomic E-state index is 13.1. The number of thiazole rings is 1. The lowest BCUT2D eigenvalue weighted by Crippen LogP contribution is -2.60. The molecule has 0 spiro atoms. The number of amides is 1. The van der Waals surface area contributed by atoms with Crippen LogP contribution in [0.5, 0.6) is 0 Å². The van der Waals surface area contributed by atoms with Gasteiger partial charge in [0.2, 0.25) is 5.91 Å². The third-order valence-corrected chi connectivity index (χ3v) is 9.15. The topological polar surface area (TPSA) is 46.4 Å². The van der Waals surface area contributed by atoms with Gasteiger partial charge in [0.05, 0.1) is 12.5 Å². The summed E-state index contributed by atoms with van der Waals surface area (Å²) in [5, 5.41) is 5.76. The Bertz CT molecular complexity index is 786. The second-order valence-corrected chi connectivity index (χ2v) is 11.7. The Hall–Kier alpha value is -0.810. The van der Waals surface area contributed by atoms with E-state index in [1.807, 2.05) is 0 Å². The van der Waals surface area contributed by atoms with E-state index in [9.17, 15) is 4.79 Å². The van der Waals surface area contributed by atoms with E-state index >= 15 is 0 Å². The molecule has 0 saturated heterocycles. The first-order valence-electron chi connectivity index (χ1n) is 12.6. The number of halogens is 1. The Labute approximate surface area is 197 Å². The highest BCUT2D eigenvalue weighted by Crippen LogP contribution is 2.55. The molecule has 6 rings (SSSR count). The van der Waals surface area contributed by atoms with Gasteiger partial charge in [-0.25, -0.2) is 0 Å². The van der Waals surface area contributed by atoms with Gasteiger partial charge in [0.15, 0.2) is 4.80 Å². The Morgan fingerprint density at radius 1 is 1.10 bits per heavy atom. The molecule has 4 bridgehead atoms. The normalized spacial score (nSPS) is 33.2. The highest BCUT2D eigenvalue weighted by Gasteiger charge is 2.51. The van der Waals surface area contributed by atoms with Gasteiger partial charge in [-0.05, 0) is 75.5 Å². The molecule has 1 N–H and O–H groups in total. The van der Waals surface area contributed by atoms with Gasteiger partial charge < -0.3 is 9.88 Å². The van der Waals surface area contributed by atoms with Crippen molar-refractivity contribution in [3.05, 3.63) is 15.9 Å². The molecule has 1 aromatic rings. The molecule has 6 heteroatoms.